The maximum Gasteiger partial charge on any atom is 0.223 e. The standard InChI is InChI=1S/C17H19N3O/c18-13-17(9-3-4-10-17)19-16(21)8-12-20-11-7-14-5-1-2-6-15(14)20/h1-2,5-7,11H,3-4,8-10,12H2,(H,19,21). The number of nitrogens with zero attached hydrogens (tertiary/aromatic N) is 2. The van der Waals surface area contributed by atoms with Crippen LogP contribution in [-0.2, 0) is 11.3 Å². The highest BCUT2D eigenvalue weighted by atomic mass is 16.1. The number of amides is 1. The molecule has 108 valence electrons. The third-order valence-electron chi connectivity index (χ3n) is 4.31. The minimum absolute atomic E-state index is 0.0313. The van der Waals surface area contributed by atoms with Gasteiger partial charge < -0.3 is 9.88 Å². The van der Waals surface area contributed by atoms with Gasteiger partial charge >= 0.3 is 0 Å². The van der Waals surface area contributed by atoms with Crippen LogP contribution in [0.4, 0.5) is 0 Å². The molecule has 1 amide bonds. The average Bonchev–Trinajstić information content (AvgIpc) is 3.12. The molecule has 2 aromatic rings. The van der Waals surface area contributed by atoms with E-state index >= 15 is 0 Å². The van der Waals surface area contributed by atoms with Crippen molar-refractivity contribution in [3.8, 4) is 6.07 Å². The van der Waals surface area contributed by atoms with Gasteiger partial charge in [0, 0.05) is 24.7 Å². The fourth-order valence-corrected chi connectivity index (χ4v) is 3.13. The SMILES string of the molecule is N#CC1(NC(=O)CCn2ccc3ccccc32)CCCC1. The summed E-state index contributed by atoms with van der Waals surface area (Å²) in [4.78, 5) is 12.1. The van der Waals surface area contributed by atoms with Gasteiger partial charge in [-0.05, 0) is 43.2 Å². The van der Waals surface area contributed by atoms with Gasteiger partial charge in [-0.2, -0.15) is 5.26 Å². The van der Waals surface area contributed by atoms with Crippen molar-refractivity contribution in [3.63, 3.8) is 0 Å². The predicted molar refractivity (Wildman–Crippen MR) is 81.5 cm³/mol. The van der Waals surface area contributed by atoms with E-state index in [2.05, 4.69) is 34.2 Å². The Morgan fingerprint density at radius 1 is 1.29 bits per heavy atom. The Hall–Kier alpha value is -2.28. The molecule has 21 heavy (non-hydrogen) atoms. The highest BCUT2D eigenvalue weighted by Gasteiger charge is 2.35. The van der Waals surface area contributed by atoms with Crippen LogP contribution < -0.4 is 5.32 Å². The molecule has 0 atom stereocenters. The molecule has 0 spiro atoms. The first kappa shape index (κ1) is 13.7. The molecule has 1 aromatic carbocycles. The maximum absolute atomic E-state index is 12.1. The maximum atomic E-state index is 12.1. The fraction of sp³-hybridized carbons (Fsp3) is 0.412. The van der Waals surface area contributed by atoms with E-state index in [1.165, 1.54) is 5.39 Å². The van der Waals surface area contributed by atoms with Crippen molar-refractivity contribution in [1.29, 1.82) is 5.26 Å². The number of para-hydroxylation sites is 1. The second-order valence-electron chi connectivity index (χ2n) is 5.77. The van der Waals surface area contributed by atoms with Crippen LogP contribution in [0.15, 0.2) is 36.5 Å². The van der Waals surface area contributed by atoms with Crippen molar-refractivity contribution in [2.75, 3.05) is 0 Å². The van der Waals surface area contributed by atoms with Crippen LogP contribution in [0.25, 0.3) is 10.9 Å². The van der Waals surface area contributed by atoms with Crippen LogP contribution in [0.1, 0.15) is 32.1 Å². The van der Waals surface area contributed by atoms with Crippen LogP contribution in [0, 0.1) is 11.3 Å². The van der Waals surface area contributed by atoms with E-state index in [4.69, 9.17) is 0 Å². The first-order valence-electron chi connectivity index (χ1n) is 7.49. The number of aryl methyl sites for hydroxylation is 1. The molecule has 1 saturated carbocycles. The molecule has 0 unspecified atom stereocenters. The summed E-state index contributed by atoms with van der Waals surface area (Å²) < 4.78 is 2.09. The van der Waals surface area contributed by atoms with Gasteiger partial charge in [0.15, 0.2) is 0 Å². The van der Waals surface area contributed by atoms with Gasteiger partial charge in [-0.15, -0.1) is 0 Å². The molecule has 0 aliphatic heterocycles. The smallest absolute Gasteiger partial charge is 0.223 e. The summed E-state index contributed by atoms with van der Waals surface area (Å²) >= 11 is 0. The minimum Gasteiger partial charge on any atom is -0.347 e. The highest BCUT2D eigenvalue weighted by molar-refractivity contribution is 5.81. The van der Waals surface area contributed by atoms with Crippen LogP contribution in [0.5, 0.6) is 0 Å². The third kappa shape index (κ3) is 2.78. The number of benzene rings is 1. The summed E-state index contributed by atoms with van der Waals surface area (Å²) in [6, 6.07) is 12.5. The lowest BCUT2D eigenvalue weighted by Gasteiger charge is -2.22. The van der Waals surface area contributed by atoms with Gasteiger partial charge in [-0.3, -0.25) is 4.79 Å². The number of nitrogens with one attached hydrogen (secondary N) is 1. The van der Waals surface area contributed by atoms with Gasteiger partial charge in [-0.25, -0.2) is 0 Å². The Balaban J connectivity index is 1.62. The largest absolute Gasteiger partial charge is 0.347 e. The summed E-state index contributed by atoms with van der Waals surface area (Å²) in [7, 11) is 0. The van der Waals surface area contributed by atoms with Crippen molar-refractivity contribution in [2.45, 2.75) is 44.2 Å². The Morgan fingerprint density at radius 3 is 2.81 bits per heavy atom. The van der Waals surface area contributed by atoms with Crippen LogP contribution in [0.2, 0.25) is 0 Å². The molecular weight excluding hydrogens is 262 g/mol. The summed E-state index contributed by atoms with van der Waals surface area (Å²) in [5, 5.41) is 13.4. The lowest BCUT2D eigenvalue weighted by molar-refractivity contribution is -0.122. The number of hydrogen-bond donors (Lipinski definition) is 1. The monoisotopic (exact) mass is 281 g/mol. The van der Waals surface area contributed by atoms with E-state index in [1.807, 2.05) is 18.3 Å². The van der Waals surface area contributed by atoms with E-state index < -0.39 is 5.54 Å². The lowest BCUT2D eigenvalue weighted by Crippen LogP contribution is -2.45. The lowest BCUT2D eigenvalue weighted by atomic mass is 10.00. The van der Waals surface area contributed by atoms with E-state index in [0.717, 1.165) is 31.2 Å². The van der Waals surface area contributed by atoms with Crippen LogP contribution in [0.3, 0.4) is 0 Å². The molecule has 1 aromatic heterocycles. The quantitative estimate of drug-likeness (QED) is 0.936. The van der Waals surface area contributed by atoms with Gasteiger partial charge in [0.1, 0.15) is 5.54 Å². The zero-order chi connectivity index (χ0) is 14.7. The van der Waals surface area contributed by atoms with E-state index in [9.17, 15) is 10.1 Å². The molecule has 0 saturated heterocycles. The molecule has 3 rings (SSSR count). The Bertz CT molecular complexity index is 689. The summed E-state index contributed by atoms with van der Waals surface area (Å²) in [6.45, 7) is 0.640. The van der Waals surface area contributed by atoms with Crippen molar-refractivity contribution in [3.05, 3.63) is 36.5 Å². The number of nitriles is 1. The Morgan fingerprint density at radius 2 is 2.05 bits per heavy atom. The fourth-order valence-electron chi connectivity index (χ4n) is 3.13. The molecule has 4 nitrogen and oxygen atoms in total. The molecule has 1 N–H and O–H groups in total. The van der Waals surface area contributed by atoms with Crippen molar-refractivity contribution in [1.82, 2.24) is 9.88 Å². The molecule has 1 heterocycles. The molecular formula is C17H19N3O. The third-order valence-corrected chi connectivity index (χ3v) is 4.31. The zero-order valence-corrected chi connectivity index (χ0v) is 12.0. The Kier molecular flexibility index (Phi) is 3.66. The number of rotatable bonds is 4. The second-order valence-corrected chi connectivity index (χ2v) is 5.77. The molecule has 0 radical (unpaired) electrons. The summed E-state index contributed by atoms with van der Waals surface area (Å²) in [5.74, 6) is -0.0313. The van der Waals surface area contributed by atoms with Crippen molar-refractivity contribution >= 4 is 16.8 Å². The van der Waals surface area contributed by atoms with Crippen molar-refractivity contribution in [2.24, 2.45) is 0 Å². The minimum atomic E-state index is -0.615. The molecule has 1 aliphatic rings. The summed E-state index contributed by atoms with van der Waals surface area (Å²) in [6.07, 6.45) is 6.02. The van der Waals surface area contributed by atoms with E-state index in [-0.39, 0.29) is 5.91 Å². The highest BCUT2D eigenvalue weighted by Crippen LogP contribution is 2.29. The molecule has 1 aliphatic carbocycles. The Labute approximate surface area is 124 Å². The molecule has 1 fully saturated rings. The van der Waals surface area contributed by atoms with Crippen LogP contribution >= 0.6 is 0 Å². The predicted octanol–water partition coefficient (Wildman–Crippen LogP) is 2.98. The van der Waals surface area contributed by atoms with Crippen LogP contribution in [-0.4, -0.2) is 16.0 Å². The molecule has 4 heteroatoms. The second kappa shape index (κ2) is 5.61. The number of hydrogen-bond acceptors (Lipinski definition) is 2. The van der Waals surface area contributed by atoms with Gasteiger partial charge in [0.05, 0.1) is 6.07 Å². The van der Waals surface area contributed by atoms with Gasteiger partial charge in [-0.1, -0.05) is 18.2 Å². The number of carbonyl (C=O) groups is 1. The van der Waals surface area contributed by atoms with Crippen molar-refractivity contribution < 1.29 is 4.79 Å². The normalized spacial score (nSPS) is 16.7. The average molecular weight is 281 g/mol. The first-order valence-corrected chi connectivity index (χ1v) is 7.49. The first-order chi connectivity index (χ1) is 10.2. The number of aromatic nitrogens is 1. The summed E-state index contributed by atoms with van der Waals surface area (Å²) in [5.41, 5.74) is 0.525. The van der Waals surface area contributed by atoms with Gasteiger partial charge in [0.25, 0.3) is 0 Å². The van der Waals surface area contributed by atoms with E-state index in [0.29, 0.717) is 13.0 Å². The number of carbonyl (C=O) groups excluding carboxylic acids is 1. The topological polar surface area (TPSA) is 57.8 Å². The van der Waals surface area contributed by atoms with E-state index in [1.54, 1.807) is 0 Å². The van der Waals surface area contributed by atoms with Gasteiger partial charge in [0.2, 0.25) is 5.91 Å². The molecule has 0 bridgehead atoms. The number of fused-ring (bicyclic) bond motifs is 1. The zero-order valence-electron chi connectivity index (χ0n) is 12.0.